The summed E-state index contributed by atoms with van der Waals surface area (Å²) in [5, 5.41) is 15.6. The summed E-state index contributed by atoms with van der Waals surface area (Å²) in [5.74, 6) is -1.77. The van der Waals surface area contributed by atoms with E-state index >= 15 is 0 Å². The molecule has 2 atom stereocenters. The first-order valence-electron chi connectivity index (χ1n) is 10.1. The number of rotatable bonds is 8. The summed E-state index contributed by atoms with van der Waals surface area (Å²) < 4.78 is 14.7. The maximum Gasteiger partial charge on any atom is 0.439 e. The molecule has 12 heteroatoms. The Labute approximate surface area is 192 Å². The zero-order chi connectivity index (χ0) is 24.2. The van der Waals surface area contributed by atoms with E-state index in [1.54, 1.807) is 48.5 Å². The number of methoxy groups -OCH3 is 1. The highest BCUT2D eigenvalue weighted by atomic mass is 16.6. The Morgan fingerprint density at radius 1 is 1.21 bits per heavy atom. The lowest BCUT2D eigenvalue weighted by molar-refractivity contribution is -0.142. The van der Waals surface area contributed by atoms with Crippen LogP contribution in [-0.4, -0.2) is 59.0 Å². The summed E-state index contributed by atoms with van der Waals surface area (Å²) in [6.07, 6.45) is -1.89. The number of amides is 2. The smallest absolute Gasteiger partial charge is 0.439 e. The van der Waals surface area contributed by atoms with Crippen molar-refractivity contribution in [3.63, 3.8) is 0 Å². The number of aromatic nitrogens is 2. The van der Waals surface area contributed by atoms with Crippen LogP contribution in [0.25, 0.3) is 11.4 Å². The van der Waals surface area contributed by atoms with Gasteiger partial charge < -0.3 is 19.9 Å². The lowest BCUT2D eigenvalue weighted by Crippen LogP contribution is -2.47. The van der Waals surface area contributed by atoms with E-state index in [0.29, 0.717) is 22.6 Å². The average Bonchev–Trinajstić information content (AvgIpc) is 3.45. The number of hydrogen-bond donors (Lipinski definition) is 3. The largest absolute Gasteiger partial charge is 0.497 e. The van der Waals surface area contributed by atoms with Crippen LogP contribution in [0.1, 0.15) is 5.56 Å². The van der Waals surface area contributed by atoms with Gasteiger partial charge in [0.25, 0.3) is 5.91 Å². The first-order valence-corrected chi connectivity index (χ1v) is 10.1. The zero-order valence-electron chi connectivity index (χ0n) is 17.9. The summed E-state index contributed by atoms with van der Waals surface area (Å²) >= 11 is 0. The number of nitrogens with one attached hydrogen (secondary N) is 2. The number of carbonyl (C=O) groups is 3. The van der Waals surface area contributed by atoms with Crippen LogP contribution in [0.4, 0.5) is 10.5 Å². The number of nitrogens with zero attached hydrogens (tertiary/aromatic N) is 2. The fourth-order valence-electron chi connectivity index (χ4n) is 3.43. The number of carbonyl (C=O) groups excluding carboxylic acids is 2. The van der Waals surface area contributed by atoms with Crippen molar-refractivity contribution >= 4 is 23.7 Å². The highest BCUT2D eigenvalue weighted by Gasteiger charge is 2.38. The lowest BCUT2D eigenvalue weighted by Gasteiger charge is -2.17. The minimum Gasteiger partial charge on any atom is -0.497 e. The van der Waals surface area contributed by atoms with E-state index in [1.807, 2.05) is 0 Å². The van der Waals surface area contributed by atoms with Gasteiger partial charge in [-0.3, -0.25) is 19.2 Å². The molecule has 1 aliphatic rings. The topological polar surface area (TPSA) is 164 Å². The Bertz CT molecular complexity index is 1250. The fraction of sp³-hybridized carbons (Fsp3) is 0.227. The van der Waals surface area contributed by atoms with Crippen molar-refractivity contribution in [2.75, 3.05) is 18.6 Å². The monoisotopic (exact) mass is 468 g/mol. The average molecular weight is 468 g/mol. The molecule has 1 saturated heterocycles. The highest BCUT2D eigenvalue weighted by Crippen LogP contribution is 2.24. The summed E-state index contributed by atoms with van der Waals surface area (Å²) in [7, 11) is 1.52. The predicted octanol–water partition coefficient (Wildman–Crippen LogP) is 1.18. The van der Waals surface area contributed by atoms with Crippen molar-refractivity contribution < 1.29 is 33.5 Å². The van der Waals surface area contributed by atoms with E-state index in [4.69, 9.17) is 9.47 Å². The van der Waals surface area contributed by atoms with Crippen molar-refractivity contribution in [3.8, 4) is 17.1 Å². The molecule has 2 aromatic carbocycles. The quantitative estimate of drug-likeness (QED) is 0.440. The van der Waals surface area contributed by atoms with Crippen molar-refractivity contribution in [2.45, 2.75) is 18.6 Å². The molecule has 1 aliphatic heterocycles. The van der Waals surface area contributed by atoms with Crippen LogP contribution in [0.5, 0.6) is 5.75 Å². The molecule has 3 N–H and O–H groups in total. The maximum absolute atomic E-state index is 12.7. The van der Waals surface area contributed by atoms with E-state index in [9.17, 15) is 24.3 Å². The number of anilines is 1. The molecule has 12 nitrogen and oxygen atoms in total. The van der Waals surface area contributed by atoms with E-state index in [0.717, 1.165) is 0 Å². The minimum absolute atomic E-state index is 0.0427. The van der Waals surface area contributed by atoms with Gasteiger partial charge in [-0.2, -0.15) is 0 Å². The highest BCUT2D eigenvalue weighted by molar-refractivity contribution is 5.96. The molecule has 1 fully saturated rings. The zero-order valence-corrected chi connectivity index (χ0v) is 17.9. The first-order chi connectivity index (χ1) is 16.3. The van der Waals surface area contributed by atoms with Gasteiger partial charge in [0.2, 0.25) is 0 Å². The standard InChI is InChI=1S/C22H20N4O8/c1-32-15-8-2-12(3-9-15)10-16(20(28)29)23-19(27)17-11-26(22(31)33-17)14-6-4-13(5-7-14)18-24-21(30)34-25-18/h2-9,16-17H,10-11H2,1H3,(H,23,27)(H,28,29)(H,24,25,30)/t16-,17?/m1/s1. The van der Waals surface area contributed by atoms with Crippen molar-refractivity contribution in [3.05, 3.63) is 64.6 Å². The molecule has 3 aromatic rings. The third kappa shape index (κ3) is 4.90. The number of aliphatic carboxylic acids is 1. The predicted molar refractivity (Wildman–Crippen MR) is 116 cm³/mol. The van der Waals surface area contributed by atoms with Gasteiger partial charge in [-0.15, -0.1) is 0 Å². The number of ether oxygens (including phenoxy) is 2. The molecular formula is C22H20N4O8. The number of cyclic esters (lactones) is 1. The number of aromatic amines is 1. The summed E-state index contributed by atoms with van der Waals surface area (Å²) in [5.41, 5.74) is 1.69. The van der Waals surface area contributed by atoms with Crippen molar-refractivity contribution in [1.82, 2.24) is 15.5 Å². The molecule has 0 spiro atoms. The summed E-state index contributed by atoms with van der Waals surface area (Å²) in [6, 6.07) is 12.0. The number of benzene rings is 2. The third-order valence-corrected chi connectivity index (χ3v) is 5.21. The van der Waals surface area contributed by atoms with E-state index in [1.165, 1.54) is 12.0 Å². The van der Waals surface area contributed by atoms with Gasteiger partial charge in [-0.1, -0.05) is 17.3 Å². The van der Waals surface area contributed by atoms with Crippen LogP contribution in [0, 0.1) is 0 Å². The Kier molecular flexibility index (Phi) is 6.30. The molecule has 1 unspecified atom stereocenters. The maximum atomic E-state index is 12.7. The fourth-order valence-corrected chi connectivity index (χ4v) is 3.43. The van der Waals surface area contributed by atoms with Crippen LogP contribution in [-0.2, 0) is 20.7 Å². The molecule has 0 aliphatic carbocycles. The molecule has 1 aromatic heterocycles. The van der Waals surface area contributed by atoms with Crippen LogP contribution in [0.15, 0.2) is 57.8 Å². The molecular weight excluding hydrogens is 448 g/mol. The number of H-pyrrole nitrogens is 1. The van der Waals surface area contributed by atoms with Gasteiger partial charge in [-0.25, -0.2) is 14.4 Å². The van der Waals surface area contributed by atoms with Gasteiger partial charge in [0, 0.05) is 17.7 Å². The van der Waals surface area contributed by atoms with Gasteiger partial charge in [0.05, 0.1) is 13.7 Å². The second kappa shape index (κ2) is 9.48. The molecule has 2 heterocycles. The molecule has 176 valence electrons. The van der Waals surface area contributed by atoms with Gasteiger partial charge in [-0.05, 0) is 42.0 Å². The van der Waals surface area contributed by atoms with Crippen molar-refractivity contribution in [1.29, 1.82) is 0 Å². The van der Waals surface area contributed by atoms with Crippen LogP contribution in [0.2, 0.25) is 0 Å². The summed E-state index contributed by atoms with van der Waals surface area (Å²) in [4.78, 5) is 51.5. The van der Waals surface area contributed by atoms with E-state index in [2.05, 4.69) is 20.0 Å². The second-order valence-electron chi connectivity index (χ2n) is 7.43. The van der Waals surface area contributed by atoms with E-state index < -0.39 is 35.9 Å². The lowest BCUT2D eigenvalue weighted by atomic mass is 10.1. The Balaban J connectivity index is 1.40. The molecule has 34 heavy (non-hydrogen) atoms. The van der Waals surface area contributed by atoms with Crippen LogP contribution >= 0.6 is 0 Å². The Morgan fingerprint density at radius 2 is 1.91 bits per heavy atom. The SMILES string of the molecule is COc1ccc(C[C@@H](NC(=O)C2CN(c3ccc(-c4noc(=O)[nH]4)cc3)C(=O)O2)C(=O)O)cc1. The summed E-state index contributed by atoms with van der Waals surface area (Å²) in [6.45, 7) is -0.0975. The van der Waals surface area contributed by atoms with E-state index in [-0.39, 0.29) is 18.8 Å². The molecule has 4 rings (SSSR count). The van der Waals surface area contributed by atoms with Gasteiger partial charge in [0.15, 0.2) is 11.9 Å². The molecule has 0 radical (unpaired) electrons. The number of carboxylic acid groups (broad SMARTS) is 1. The number of carboxylic acids is 1. The third-order valence-electron chi connectivity index (χ3n) is 5.21. The second-order valence-corrected chi connectivity index (χ2v) is 7.43. The van der Waals surface area contributed by atoms with Gasteiger partial charge >= 0.3 is 17.8 Å². The Morgan fingerprint density at radius 3 is 2.50 bits per heavy atom. The Hall–Kier alpha value is -4.61. The number of hydrogen-bond acceptors (Lipinski definition) is 8. The molecule has 0 bridgehead atoms. The van der Waals surface area contributed by atoms with Crippen LogP contribution in [0.3, 0.4) is 0 Å². The normalized spacial score (nSPS) is 16.1. The minimum atomic E-state index is -1.22. The van der Waals surface area contributed by atoms with Crippen molar-refractivity contribution in [2.24, 2.45) is 0 Å². The van der Waals surface area contributed by atoms with Crippen LogP contribution < -0.4 is 20.7 Å². The molecule has 0 saturated carbocycles. The first kappa shape index (κ1) is 22.6. The molecule has 2 amide bonds. The van der Waals surface area contributed by atoms with Gasteiger partial charge in [0.1, 0.15) is 11.8 Å².